The fourth-order valence-electron chi connectivity index (χ4n) is 9.71. The van der Waals surface area contributed by atoms with Gasteiger partial charge in [-0.15, -0.1) is 0 Å². The van der Waals surface area contributed by atoms with Gasteiger partial charge in [0.1, 0.15) is 48.4 Å². The van der Waals surface area contributed by atoms with Gasteiger partial charge in [0.15, 0.2) is 18.7 Å². The molecule has 70 heavy (non-hydrogen) atoms. The topological polar surface area (TPSA) is 396 Å². The van der Waals surface area contributed by atoms with Crippen molar-refractivity contribution in [2.24, 2.45) is 23.2 Å². The van der Waals surface area contributed by atoms with Crippen LogP contribution in [0.1, 0.15) is 97.8 Å². The first-order valence-corrected chi connectivity index (χ1v) is 26.2. The average molecular weight is 1050 g/mol. The minimum atomic E-state index is -5.09. The van der Waals surface area contributed by atoms with Gasteiger partial charge in [0, 0.05) is 39.3 Å². The zero-order valence-corrected chi connectivity index (χ0v) is 41.3. The molecule has 0 radical (unpaired) electrons. The maximum atomic E-state index is 14.1. The van der Waals surface area contributed by atoms with E-state index in [9.17, 15) is 66.7 Å². The Kier molecular flexibility index (Phi) is 23.2. The van der Waals surface area contributed by atoms with Gasteiger partial charge in [0.05, 0.1) is 50.2 Å². The summed E-state index contributed by atoms with van der Waals surface area (Å²) in [6, 6.07) is -1.40. The number of rotatable bonds is 27. The van der Waals surface area contributed by atoms with Gasteiger partial charge in [-0.25, -0.2) is 13.2 Å². The van der Waals surface area contributed by atoms with E-state index in [0.717, 1.165) is 39.2 Å². The molecule has 0 bridgehead atoms. The molecule has 10 N–H and O–H groups in total. The molecule has 4 rings (SSSR count). The Morgan fingerprint density at radius 3 is 2.03 bits per heavy atom. The molecule has 2 saturated heterocycles. The fourth-order valence-corrected chi connectivity index (χ4v) is 10.5. The van der Waals surface area contributed by atoms with Crippen LogP contribution in [0, 0.1) is 23.2 Å². The van der Waals surface area contributed by atoms with Crippen molar-refractivity contribution in [2.45, 2.75) is 177 Å². The summed E-state index contributed by atoms with van der Waals surface area (Å²) in [7, 11) is -9.04. The van der Waals surface area contributed by atoms with Gasteiger partial charge >= 0.3 is 26.8 Å². The quantitative estimate of drug-likeness (QED) is 0.0332. The predicted octanol–water partition coefficient (Wildman–Crippen LogP) is -1.46. The zero-order valence-electron chi connectivity index (χ0n) is 39.7. The maximum Gasteiger partial charge on any atom is 0.397 e. The van der Waals surface area contributed by atoms with Crippen molar-refractivity contribution in [1.29, 1.82) is 0 Å². The summed E-state index contributed by atoms with van der Waals surface area (Å²) in [6.45, 7) is 0.948. The van der Waals surface area contributed by atoms with E-state index in [1.807, 2.05) is 0 Å². The third-order valence-corrected chi connectivity index (χ3v) is 14.2. The van der Waals surface area contributed by atoms with E-state index in [4.69, 9.17) is 37.5 Å². The summed E-state index contributed by atoms with van der Waals surface area (Å²) < 4.78 is 108. The van der Waals surface area contributed by atoms with E-state index >= 15 is 0 Å². The SMILES string of the molecule is CC[C@@H]1CC(C(=O)CCCNC(=O)CC(COC)(COS(=O)(=O)O)COS(=O)(=O)O)C[C@@H](O[C@@H]2O[C@@H](CO)[C@H](O)C(O[C@@H](CC3CCCCC3)C(=O)O)C2NC(C)=O)C1O[C@@H]1OC(C)[C@@H](O)[C@H](O)C1O. The molecule has 0 aromatic carbocycles. The van der Waals surface area contributed by atoms with Crippen molar-refractivity contribution < 1.29 is 113 Å². The highest BCUT2D eigenvalue weighted by molar-refractivity contribution is 7.81. The van der Waals surface area contributed by atoms with Gasteiger partial charge < -0.3 is 69.7 Å². The highest BCUT2D eigenvalue weighted by Crippen LogP contribution is 2.41. The van der Waals surface area contributed by atoms with Crippen LogP contribution in [0.25, 0.3) is 0 Å². The largest absolute Gasteiger partial charge is 0.479 e. The number of carbonyl (C=O) groups excluding carboxylic acids is 3. The van der Waals surface area contributed by atoms with E-state index in [0.29, 0.717) is 6.42 Å². The average Bonchev–Trinajstić information content (AvgIpc) is 3.29. The number of methoxy groups -OCH3 is 1. The molecule has 4 aliphatic rings. The smallest absolute Gasteiger partial charge is 0.397 e. The lowest BCUT2D eigenvalue weighted by Gasteiger charge is -2.49. The number of ketones is 1. The molecule has 2 aliphatic heterocycles. The number of carbonyl (C=O) groups is 4. The van der Waals surface area contributed by atoms with Crippen LogP contribution in [-0.2, 0) is 76.8 Å². The van der Waals surface area contributed by atoms with Gasteiger partial charge in [-0.2, -0.15) is 16.8 Å². The van der Waals surface area contributed by atoms with Gasteiger partial charge in [-0.05, 0) is 44.4 Å². The van der Waals surface area contributed by atoms with E-state index in [1.54, 1.807) is 6.92 Å². The number of hydrogen-bond acceptors (Lipinski definition) is 21. The molecule has 0 spiro atoms. The number of nitrogens with one attached hydrogen (secondary N) is 2. The first kappa shape index (κ1) is 59.9. The zero-order chi connectivity index (χ0) is 52.1. The minimum absolute atomic E-state index is 0.0185. The summed E-state index contributed by atoms with van der Waals surface area (Å²) in [6.07, 6.45) is -13.1. The second kappa shape index (κ2) is 27.1. The Morgan fingerprint density at radius 1 is 0.829 bits per heavy atom. The molecule has 2 aliphatic carbocycles. The summed E-state index contributed by atoms with van der Waals surface area (Å²) in [4.78, 5) is 52.6. The highest BCUT2D eigenvalue weighted by atomic mass is 32.3. The Hall–Kier alpha value is -2.62. The molecular weight excluding hydrogens is 981 g/mol. The van der Waals surface area contributed by atoms with Crippen molar-refractivity contribution in [1.82, 2.24) is 10.6 Å². The van der Waals surface area contributed by atoms with Gasteiger partial charge in [0.25, 0.3) is 0 Å². The molecule has 2 amide bonds. The lowest BCUT2D eigenvalue weighted by molar-refractivity contribution is -0.338. The number of ether oxygens (including phenoxy) is 6. The lowest BCUT2D eigenvalue weighted by Crippen LogP contribution is -2.67. The number of Topliss-reactive ketones (excluding diaryl/α,β-unsaturated/α-hetero) is 1. The minimum Gasteiger partial charge on any atom is -0.479 e. The molecule has 0 aromatic rings. The Labute approximate surface area is 407 Å². The van der Waals surface area contributed by atoms with Crippen LogP contribution >= 0.6 is 0 Å². The second-order valence-electron chi connectivity index (χ2n) is 18.8. The molecule has 0 aromatic heterocycles. The van der Waals surface area contributed by atoms with Gasteiger partial charge in [0.2, 0.25) is 11.8 Å². The molecule has 406 valence electrons. The fraction of sp³-hybridized carbons (Fsp3) is 0.905. The van der Waals surface area contributed by atoms with Crippen molar-refractivity contribution in [3.05, 3.63) is 0 Å². The van der Waals surface area contributed by atoms with Crippen LogP contribution in [0.2, 0.25) is 0 Å². The summed E-state index contributed by atoms with van der Waals surface area (Å²) in [5, 5.41) is 69.4. The molecular formula is C42H72N2O24S2. The normalized spacial score (nSPS) is 33.0. The molecule has 2 heterocycles. The van der Waals surface area contributed by atoms with Crippen LogP contribution in [0.3, 0.4) is 0 Å². The van der Waals surface area contributed by atoms with Crippen LogP contribution in [0.5, 0.6) is 0 Å². The van der Waals surface area contributed by atoms with E-state index in [1.165, 1.54) is 13.8 Å². The number of aliphatic hydroxyl groups is 5. The summed E-state index contributed by atoms with van der Waals surface area (Å²) in [5.74, 6) is -4.37. The Balaban J connectivity index is 1.58. The molecule has 4 fully saturated rings. The third kappa shape index (κ3) is 17.8. The monoisotopic (exact) mass is 1050 g/mol. The molecule has 2 saturated carbocycles. The Morgan fingerprint density at radius 2 is 1.47 bits per heavy atom. The van der Waals surface area contributed by atoms with Crippen molar-refractivity contribution in [3.63, 3.8) is 0 Å². The van der Waals surface area contributed by atoms with Crippen LogP contribution in [-0.4, -0.2) is 200 Å². The van der Waals surface area contributed by atoms with Crippen LogP contribution in [0.15, 0.2) is 0 Å². The molecule has 6 unspecified atom stereocenters. The van der Waals surface area contributed by atoms with Crippen molar-refractivity contribution in [3.8, 4) is 0 Å². The Bertz CT molecular complexity index is 1890. The standard InChI is InChI=1S/C42H72N2O24S2/c1-5-25-15-26(27(47)12-9-13-43-31(48)17-42(19-61-4,20-62-69(55,56)57)21-63-70(58,59)60)16-28(37(25)68-41-36(52)35(51)33(49)22(2)64-41)66-40-32(44-23(3)46)38(34(50)30(18-45)67-40)65-29(39(53)54)14-24-10-7-6-8-11-24/h22,24-26,28-30,32-38,40-41,45,49-52H,5-21H2,1-4H3,(H,43,48)(H,44,46)(H,53,54)(H,55,56,57)(H,58,59,60)/t22?,25-,26?,28-,29+,30+,32?,33-,34+,35+,36?,37?,38?,40-,41+/m1/s1. The number of aliphatic hydroxyl groups excluding tert-OH is 5. The highest BCUT2D eigenvalue weighted by Gasteiger charge is 2.53. The number of amides is 2. The van der Waals surface area contributed by atoms with E-state index in [-0.39, 0.29) is 50.4 Å². The number of aliphatic carboxylic acids is 1. The predicted molar refractivity (Wildman–Crippen MR) is 237 cm³/mol. The third-order valence-electron chi connectivity index (χ3n) is 13.4. The van der Waals surface area contributed by atoms with Crippen molar-refractivity contribution >= 4 is 44.4 Å². The van der Waals surface area contributed by atoms with Gasteiger partial charge in [-0.1, -0.05) is 45.4 Å². The first-order chi connectivity index (χ1) is 32.8. The van der Waals surface area contributed by atoms with Crippen molar-refractivity contribution in [2.75, 3.05) is 40.1 Å². The van der Waals surface area contributed by atoms with Gasteiger partial charge in [-0.3, -0.25) is 23.5 Å². The first-order valence-electron chi connectivity index (χ1n) is 23.4. The van der Waals surface area contributed by atoms with E-state index in [2.05, 4.69) is 19.0 Å². The second-order valence-corrected chi connectivity index (χ2v) is 21.0. The molecule has 28 heteroatoms. The maximum absolute atomic E-state index is 14.1. The van der Waals surface area contributed by atoms with Crippen LogP contribution < -0.4 is 10.6 Å². The van der Waals surface area contributed by atoms with Crippen LogP contribution in [0.4, 0.5) is 0 Å². The molecule has 26 nitrogen and oxygen atoms in total. The number of carboxylic acids is 1. The number of carboxylic acid groups (broad SMARTS) is 1. The summed E-state index contributed by atoms with van der Waals surface area (Å²) in [5.41, 5.74) is -1.87. The lowest BCUT2D eigenvalue weighted by atomic mass is 9.74. The number of hydrogen-bond donors (Lipinski definition) is 10. The summed E-state index contributed by atoms with van der Waals surface area (Å²) >= 11 is 0. The molecule has 15 atom stereocenters. The van der Waals surface area contributed by atoms with E-state index < -0.39 is 168 Å².